The minimum atomic E-state index is -4.37. The molecule has 1 atom stereocenters. The lowest BCUT2D eigenvalue weighted by Gasteiger charge is -2.41. The molecular formula is C18H24F3N5. The lowest BCUT2D eigenvalue weighted by atomic mass is 10.0. The first kappa shape index (κ1) is 18.7. The number of guanidine groups is 1. The first-order chi connectivity index (χ1) is 12.2. The van der Waals surface area contributed by atoms with Crippen LogP contribution in [-0.4, -0.2) is 59.7 Å². The maximum absolute atomic E-state index is 13.1. The summed E-state index contributed by atoms with van der Waals surface area (Å²) in [6.45, 7) is 9.06. The van der Waals surface area contributed by atoms with Gasteiger partial charge in [-0.3, -0.25) is 0 Å². The Kier molecular flexibility index (Phi) is 4.96. The molecule has 0 N–H and O–H groups in total. The molecule has 8 heteroatoms. The van der Waals surface area contributed by atoms with Crippen LogP contribution < -0.4 is 0 Å². The SMILES string of the molecule is CC(C)=NN1C(N2CCN(C)CC2)=Nc2ccc(C(F)(F)F)cc2C1C. The van der Waals surface area contributed by atoms with Crippen molar-refractivity contribution in [2.45, 2.75) is 33.0 Å². The van der Waals surface area contributed by atoms with Crippen LogP contribution >= 0.6 is 0 Å². The van der Waals surface area contributed by atoms with Crippen molar-refractivity contribution in [3.05, 3.63) is 29.3 Å². The van der Waals surface area contributed by atoms with E-state index in [0.29, 0.717) is 17.2 Å². The Morgan fingerprint density at radius 3 is 2.38 bits per heavy atom. The van der Waals surface area contributed by atoms with Gasteiger partial charge in [0.2, 0.25) is 5.96 Å². The van der Waals surface area contributed by atoms with Crippen molar-refractivity contribution in [2.75, 3.05) is 33.2 Å². The van der Waals surface area contributed by atoms with E-state index in [9.17, 15) is 13.2 Å². The Bertz CT molecular complexity index is 729. The van der Waals surface area contributed by atoms with Crippen LogP contribution in [0.15, 0.2) is 28.3 Å². The largest absolute Gasteiger partial charge is 0.416 e. The predicted molar refractivity (Wildman–Crippen MR) is 96.6 cm³/mol. The highest BCUT2D eigenvalue weighted by Crippen LogP contribution is 2.40. The Morgan fingerprint density at radius 1 is 1.15 bits per heavy atom. The topological polar surface area (TPSA) is 34.4 Å². The maximum Gasteiger partial charge on any atom is 0.416 e. The highest BCUT2D eigenvalue weighted by atomic mass is 19.4. The Hall–Kier alpha value is -2.09. The van der Waals surface area contributed by atoms with E-state index in [0.717, 1.165) is 38.0 Å². The van der Waals surface area contributed by atoms with Crippen LogP contribution in [0, 0.1) is 0 Å². The summed E-state index contributed by atoms with van der Waals surface area (Å²) in [5, 5.41) is 6.32. The van der Waals surface area contributed by atoms with Crippen molar-refractivity contribution in [3.8, 4) is 0 Å². The van der Waals surface area contributed by atoms with Crippen molar-refractivity contribution in [1.82, 2.24) is 14.8 Å². The number of hydrogen-bond donors (Lipinski definition) is 0. The number of aliphatic imine (C=N–C) groups is 1. The molecule has 1 fully saturated rings. The molecule has 0 amide bonds. The Balaban J connectivity index is 2.04. The summed E-state index contributed by atoms with van der Waals surface area (Å²) in [7, 11) is 2.07. The fourth-order valence-corrected chi connectivity index (χ4v) is 3.20. The number of alkyl halides is 3. The summed E-state index contributed by atoms with van der Waals surface area (Å²) in [5.41, 5.74) is 1.30. The summed E-state index contributed by atoms with van der Waals surface area (Å²) in [4.78, 5) is 9.08. The van der Waals surface area contributed by atoms with E-state index in [1.54, 1.807) is 5.01 Å². The van der Waals surface area contributed by atoms with E-state index in [2.05, 4.69) is 26.9 Å². The van der Waals surface area contributed by atoms with Crippen LogP contribution in [-0.2, 0) is 6.18 Å². The fraction of sp³-hybridized carbons (Fsp3) is 0.556. The molecule has 1 unspecified atom stereocenters. The number of halogens is 3. The van der Waals surface area contributed by atoms with Gasteiger partial charge in [-0.1, -0.05) is 0 Å². The monoisotopic (exact) mass is 367 g/mol. The van der Waals surface area contributed by atoms with E-state index in [4.69, 9.17) is 0 Å². The average Bonchev–Trinajstić information content (AvgIpc) is 2.56. The van der Waals surface area contributed by atoms with Gasteiger partial charge in [-0.25, -0.2) is 10.0 Å². The van der Waals surface area contributed by atoms with Crippen LogP contribution in [0.2, 0.25) is 0 Å². The molecule has 1 aromatic carbocycles. The van der Waals surface area contributed by atoms with E-state index < -0.39 is 11.7 Å². The number of likely N-dealkylation sites (N-methyl/N-ethyl adjacent to an activating group) is 1. The second-order valence-corrected chi connectivity index (χ2v) is 7.04. The minimum Gasteiger partial charge on any atom is -0.338 e. The van der Waals surface area contributed by atoms with Crippen LogP contribution in [0.25, 0.3) is 0 Å². The Labute approximate surface area is 151 Å². The van der Waals surface area contributed by atoms with Gasteiger partial charge in [-0.2, -0.15) is 18.3 Å². The van der Waals surface area contributed by atoms with Gasteiger partial charge in [-0.15, -0.1) is 0 Å². The van der Waals surface area contributed by atoms with Crippen LogP contribution in [0.4, 0.5) is 18.9 Å². The molecule has 0 saturated carbocycles. The summed E-state index contributed by atoms with van der Waals surface area (Å²) in [6.07, 6.45) is -4.37. The lowest BCUT2D eigenvalue weighted by molar-refractivity contribution is -0.137. The Morgan fingerprint density at radius 2 is 1.81 bits per heavy atom. The van der Waals surface area contributed by atoms with Crippen molar-refractivity contribution in [2.24, 2.45) is 10.1 Å². The number of rotatable bonds is 1. The third-order valence-electron chi connectivity index (χ3n) is 4.69. The molecule has 1 aromatic rings. The number of nitrogens with zero attached hydrogens (tertiary/aromatic N) is 5. The fourth-order valence-electron chi connectivity index (χ4n) is 3.20. The molecular weight excluding hydrogens is 343 g/mol. The number of hydrogen-bond acceptors (Lipinski definition) is 5. The molecule has 2 aliphatic rings. The van der Waals surface area contributed by atoms with Crippen molar-refractivity contribution in [1.29, 1.82) is 0 Å². The summed E-state index contributed by atoms with van der Waals surface area (Å²) in [6, 6.07) is 3.43. The van der Waals surface area contributed by atoms with Gasteiger partial charge in [-0.05, 0) is 46.0 Å². The molecule has 1 saturated heterocycles. The number of benzene rings is 1. The van der Waals surface area contributed by atoms with Crippen molar-refractivity contribution >= 4 is 17.4 Å². The van der Waals surface area contributed by atoms with E-state index in [-0.39, 0.29) is 6.04 Å². The second-order valence-electron chi connectivity index (χ2n) is 7.04. The molecule has 0 bridgehead atoms. The van der Waals surface area contributed by atoms with Gasteiger partial charge in [0, 0.05) is 37.5 Å². The molecule has 0 radical (unpaired) electrons. The summed E-state index contributed by atoms with van der Waals surface area (Å²) < 4.78 is 39.3. The zero-order chi connectivity index (χ0) is 19.1. The predicted octanol–water partition coefficient (Wildman–Crippen LogP) is 3.71. The van der Waals surface area contributed by atoms with Gasteiger partial charge in [0.25, 0.3) is 0 Å². The average molecular weight is 367 g/mol. The van der Waals surface area contributed by atoms with Gasteiger partial charge < -0.3 is 9.80 Å². The smallest absolute Gasteiger partial charge is 0.338 e. The summed E-state index contributed by atoms with van der Waals surface area (Å²) >= 11 is 0. The molecule has 0 spiro atoms. The van der Waals surface area contributed by atoms with E-state index in [1.807, 2.05) is 20.8 Å². The molecule has 2 aliphatic heterocycles. The first-order valence-electron chi connectivity index (χ1n) is 8.71. The molecule has 3 rings (SSSR count). The van der Waals surface area contributed by atoms with E-state index in [1.165, 1.54) is 12.1 Å². The van der Waals surface area contributed by atoms with Gasteiger partial charge in [0.15, 0.2) is 0 Å². The maximum atomic E-state index is 13.1. The van der Waals surface area contributed by atoms with Crippen LogP contribution in [0.5, 0.6) is 0 Å². The molecule has 26 heavy (non-hydrogen) atoms. The van der Waals surface area contributed by atoms with Gasteiger partial charge in [0.1, 0.15) is 0 Å². The number of fused-ring (bicyclic) bond motifs is 1. The van der Waals surface area contributed by atoms with E-state index >= 15 is 0 Å². The molecule has 2 heterocycles. The number of hydrazone groups is 1. The molecule has 142 valence electrons. The third kappa shape index (κ3) is 3.70. The van der Waals surface area contributed by atoms with Crippen LogP contribution in [0.3, 0.4) is 0 Å². The first-order valence-corrected chi connectivity index (χ1v) is 8.71. The zero-order valence-electron chi connectivity index (χ0n) is 15.5. The summed E-state index contributed by atoms with van der Waals surface area (Å²) in [5.74, 6) is 0.707. The molecule has 0 aliphatic carbocycles. The highest BCUT2D eigenvalue weighted by molar-refractivity contribution is 5.88. The third-order valence-corrected chi connectivity index (χ3v) is 4.69. The normalized spacial score (nSPS) is 21.3. The zero-order valence-corrected chi connectivity index (χ0v) is 15.5. The van der Waals surface area contributed by atoms with Gasteiger partial charge >= 0.3 is 6.18 Å². The number of piperazine rings is 1. The van der Waals surface area contributed by atoms with Crippen molar-refractivity contribution < 1.29 is 13.2 Å². The minimum absolute atomic E-state index is 0.325. The standard InChI is InChI=1S/C18H24F3N5/c1-12(2)23-26-13(3)15-11-14(18(19,20)21)5-6-16(15)22-17(26)25-9-7-24(4)8-10-25/h5-6,11,13H,7-10H2,1-4H3. The second kappa shape index (κ2) is 6.90. The quantitative estimate of drug-likeness (QED) is 0.710. The molecule has 0 aromatic heterocycles. The van der Waals surface area contributed by atoms with Gasteiger partial charge in [0.05, 0.1) is 17.3 Å². The van der Waals surface area contributed by atoms with Crippen molar-refractivity contribution in [3.63, 3.8) is 0 Å². The highest BCUT2D eigenvalue weighted by Gasteiger charge is 2.35. The lowest BCUT2D eigenvalue weighted by Crippen LogP contribution is -2.52. The molecule has 5 nitrogen and oxygen atoms in total. The van der Waals surface area contributed by atoms with Crippen LogP contribution in [0.1, 0.15) is 37.9 Å².